The second-order valence-corrected chi connectivity index (χ2v) is 4.75. The Bertz CT molecular complexity index is 167. The van der Waals surface area contributed by atoms with Crippen molar-refractivity contribution in [1.82, 2.24) is 0 Å². The highest BCUT2D eigenvalue weighted by Gasteiger charge is 2.42. The van der Waals surface area contributed by atoms with Gasteiger partial charge in [-0.05, 0) is 31.2 Å². The van der Waals surface area contributed by atoms with Crippen molar-refractivity contribution in [2.45, 2.75) is 19.8 Å². The predicted molar refractivity (Wildman–Crippen MR) is 57.1 cm³/mol. The molecule has 2 N–H and O–H groups in total. The molecule has 84 valence electrons. The van der Waals surface area contributed by atoms with E-state index in [1.807, 2.05) is 0 Å². The van der Waals surface area contributed by atoms with Crippen LogP contribution in [0.15, 0.2) is 0 Å². The average molecular weight is 201 g/mol. The molecule has 2 atom stereocenters. The highest BCUT2D eigenvalue weighted by molar-refractivity contribution is 4.93. The van der Waals surface area contributed by atoms with E-state index in [-0.39, 0.29) is 5.41 Å². The highest BCUT2D eigenvalue weighted by Crippen LogP contribution is 2.45. The molecule has 3 nitrogen and oxygen atoms in total. The Morgan fingerprint density at radius 2 is 1.79 bits per heavy atom. The summed E-state index contributed by atoms with van der Waals surface area (Å²) in [6, 6.07) is 0. The van der Waals surface area contributed by atoms with Crippen LogP contribution in [0.4, 0.5) is 0 Å². The minimum Gasteiger partial charge on any atom is -0.384 e. The van der Waals surface area contributed by atoms with Crippen LogP contribution < -0.4 is 5.73 Å². The standard InChI is InChI=1S/C11H23NO2/c1-9-4-11(7-13-2,8-14-3)5-10(9)6-12/h9-10H,4-8,12H2,1-3H3/t9-,10+/m1/s1. The van der Waals surface area contributed by atoms with Crippen LogP contribution in [0.25, 0.3) is 0 Å². The Kier molecular flexibility index (Phi) is 4.35. The van der Waals surface area contributed by atoms with Gasteiger partial charge in [0.15, 0.2) is 0 Å². The summed E-state index contributed by atoms with van der Waals surface area (Å²) in [7, 11) is 3.52. The maximum atomic E-state index is 5.76. The normalized spacial score (nSPS) is 30.9. The molecule has 1 fully saturated rings. The maximum absolute atomic E-state index is 5.76. The van der Waals surface area contributed by atoms with E-state index in [4.69, 9.17) is 15.2 Å². The highest BCUT2D eigenvalue weighted by atomic mass is 16.5. The molecular formula is C11H23NO2. The molecule has 0 radical (unpaired) electrons. The Morgan fingerprint density at radius 1 is 1.21 bits per heavy atom. The van der Waals surface area contributed by atoms with E-state index in [1.54, 1.807) is 14.2 Å². The van der Waals surface area contributed by atoms with Gasteiger partial charge in [0.1, 0.15) is 0 Å². The summed E-state index contributed by atoms with van der Waals surface area (Å²) >= 11 is 0. The van der Waals surface area contributed by atoms with Crippen molar-refractivity contribution in [3.63, 3.8) is 0 Å². The van der Waals surface area contributed by atoms with Gasteiger partial charge in [-0.3, -0.25) is 0 Å². The number of hydrogen-bond donors (Lipinski definition) is 1. The Morgan fingerprint density at radius 3 is 2.14 bits per heavy atom. The number of rotatable bonds is 5. The monoisotopic (exact) mass is 201 g/mol. The molecule has 0 bridgehead atoms. The molecule has 0 unspecified atom stereocenters. The van der Waals surface area contributed by atoms with Gasteiger partial charge >= 0.3 is 0 Å². The largest absolute Gasteiger partial charge is 0.384 e. The number of hydrogen-bond acceptors (Lipinski definition) is 3. The van der Waals surface area contributed by atoms with Crippen LogP contribution in [0.2, 0.25) is 0 Å². The second kappa shape index (κ2) is 5.10. The lowest BCUT2D eigenvalue weighted by Gasteiger charge is -2.27. The molecule has 1 aliphatic carbocycles. The fraction of sp³-hybridized carbons (Fsp3) is 1.00. The smallest absolute Gasteiger partial charge is 0.0540 e. The molecule has 0 aromatic rings. The van der Waals surface area contributed by atoms with Crippen LogP contribution in [-0.4, -0.2) is 34.0 Å². The molecule has 0 saturated heterocycles. The SMILES string of the molecule is COCC1(COC)C[C@@H](CN)[C@H](C)C1. The molecule has 0 spiro atoms. The summed E-state index contributed by atoms with van der Waals surface area (Å²) in [5.74, 6) is 1.34. The van der Waals surface area contributed by atoms with Gasteiger partial charge in [-0.25, -0.2) is 0 Å². The number of nitrogens with two attached hydrogens (primary N) is 1. The summed E-state index contributed by atoms with van der Waals surface area (Å²) in [5.41, 5.74) is 5.97. The Hall–Kier alpha value is -0.120. The van der Waals surface area contributed by atoms with Crippen LogP contribution in [0.1, 0.15) is 19.8 Å². The fourth-order valence-corrected chi connectivity index (χ4v) is 2.90. The topological polar surface area (TPSA) is 44.5 Å². The third kappa shape index (κ3) is 2.47. The van der Waals surface area contributed by atoms with E-state index in [9.17, 15) is 0 Å². The third-order valence-electron chi connectivity index (χ3n) is 3.46. The van der Waals surface area contributed by atoms with Gasteiger partial charge in [-0.1, -0.05) is 6.92 Å². The zero-order chi connectivity index (χ0) is 10.6. The lowest BCUT2D eigenvalue weighted by atomic mass is 9.87. The van der Waals surface area contributed by atoms with Crippen LogP contribution in [-0.2, 0) is 9.47 Å². The first-order valence-corrected chi connectivity index (χ1v) is 5.35. The molecule has 1 aliphatic rings. The summed E-state index contributed by atoms with van der Waals surface area (Å²) in [6.07, 6.45) is 2.32. The van der Waals surface area contributed by atoms with E-state index < -0.39 is 0 Å². The summed E-state index contributed by atoms with van der Waals surface area (Å²) in [5, 5.41) is 0. The Balaban J connectivity index is 2.61. The zero-order valence-electron chi connectivity index (χ0n) is 9.58. The Labute approximate surface area is 86.9 Å². The van der Waals surface area contributed by atoms with Crippen LogP contribution in [0.3, 0.4) is 0 Å². The van der Waals surface area contributed by atoms with Gasteiger partial charge < -0.3 is 15.2 Å². The minimum absolute atomic E-state index is 0.215. The molecule has 0 aliphatic heterocycles. The van der Waals surface area contributed by atoms with Crippen molar-refractivity contribution in [3.8, 4) is 0 Å². The summed E-state index contributed by atoms with van der Waals surface area (Å²) < 4.78 is 10.6. The maximum Gasteiger partial charge on any atom is 0.0540 e. The van der Waals surface area contributed by atoms with Crippen molar-refractivity contribution >= 4 is 0 Å². The van der Waals surface area contributed by atoms with Gasteiger partial charge in [0, 0.05) is 19.6 Å². The van der Waals surface area contributed by atoms with E-state index in [1.165, 1.54) is 6.42 Å². The van der Waals surface area contributed by atoms with Crippen molar-refractivity contribution in [2.24, 2.45) is 23.0 Å². The molecule has 1 rings (SSSR count). The molecule has 1 saturated carbocycles. The predicted octanol–water partition coefficient (Wildman–Crippen LogP) is 1.27. The first-order chi connectivity index (χ1) is 6.67. The molecule has 14 heavy (non-hydrogen) atoms. The third-order valence-corrected chi connectivity index (χ3v) is 3.46. The fourth-order valence-electron chi connectivity index (χ4n) is 2.90. The van der Waals surface area contributed by atoms with Crippen molar-refractivity contribution < 1.29 is 9.47 Å². The second-order valence-electron chi connectivity index (χ2n) is 4.75. The molecule has 0 aromatic heterocycles. The van der Waals surface area contributed by atoms with Gasteiger partial charge in [0.05, 0.1) is 13.2 Å². The van der Waals surface area contributed by atoms with Crippen LogP contribution in [0, 0.1) is 17.3 Å². The molecule has 0 amide bonds. The van der Waals surface area contributed by atoms with Crippen molar-refractivity contribution in [1.29, 1.82) is 0 Å². The van der Waals surface area contributed by atoms with E-state index >= 15 is 0 Å². The van der Waals surface area contributed by atoms with Gasteiger partial charge in [-0.15, -0.1) is 0 Å². The lowest BCUT2D eigenvalue weighted by molar-refractivity contribution is 0.0108. The number of ether oxygens (including phenoxy) is 2. The number of methoxy groups -OCH3 is 2. The first kappa shape index (κ1) is 12.0. The molecule has 0 aromatic carbocycles. The molecular weight excluding hydrogens is 178 g/mol. The molecule has 0 heterocycles. The summed E-state index contributed by atoms with van der Waals surface area (Å²) in [4.78, 5) is 0. The quantitative estimate of drug-likeness (QED) is 0.728. The van der Waals surface area contributed by atoms with Crippen LogP contribution in [0.5, 0.6) is 0 Å². The van der Waals surface area contributed by atoms with E-state index in [0.29, 0.717) is 11.8 Å². The summed E-state index contributed by atoms with van der Waals surface area (Å²) in [6.45, 7) is 4.66. The van der Waals surface area contributed by atoms with Crippen molar-refractivity contribution in [3.05, 3.63) is 0 Å². The van der Waals surface area contributed by atoms with Gasteiger partial charge in [-0.2, -0.15) is 0 Å². The van der Waals surface area contributed by atoms with Gasteiger partial charge in [0.2, 0.25) is 0 Å². The zero-order valence-corrected chi connectivity index (χ0v) is 9.58. The van der Waals surface area contributed by atoms with Gasteiger partial charge in [0.25, 0.3) is 0 Å². The average Bonchev–Trinajstić information content (AvgIpc) is 2.44. The van der Waals surface area contributed by atoms with E-state index in [0.717, 1.165) is 26.2 Å². The van der Waals surface area contributed by atoms with E-state index in [2.05, 4.69) is 6.92 Å². The first-order valence-electron chi connectivity index (χ1n) is 5.35. The lowest BCUT2D eigenvalue weighted by Crippen LogP contribution is -2.29. The minimum atomic E-state index is 0.215. The van der Waals surface area contributed by atoms with Crippen LogP contribution >= 0.6 is 0 Å². The molecule has 3 heteroatoms. The van der Waals surface area contributed by atoms with Crippen molar-refractivity contribution in [2.75, 3.05) is 34.0 Å².